The van der Waals surface area contributed by atoms with Crippen molar-refractivity contribution in [1.29, 1.82) is 0 Å². The van der Waals surface area contributed by atoms with Gasteiger partial charge in [0.1, 0.15) is 0 Å². The second-order valence-corrected chi connectivity index (χ2v) is 4.92. The molecule has 0 aliphatic heterocycles. The molecule has 0 bridgehead atoms. The SMILES string of the molecule is NC(N)=N/N=C/c1c(Br)cccc1Br.O=C(O)C(F)(F)F. The number of alkyl halides is 3. The van der Waals surface area contributed by atoms with Gasteiger partial charge in [-0.05, 0) is 12.1 Å². The lowest BCUT2D eigenvalue weighted by molar-refractivity contribution is -0.192. The standard InChI is InChI=1S/C8H8Br2N4.C2HF3O2/c9-6-2-1-3-7(10)5(6)4-13-14-8(11)12;3-2(4,5)1(6)7/h1-4H,(H4,11,12,14);(H,6,7)/b13-4+;. The molecule has 0 amide bonds. The lowest BCUT2D eigenvalue weighted by atomic mass is 10.2. The molecule has 0 aromatic heterocycles. The van der Waals surface area contributed by atoms with Crippen LogP contribution in [0.25, 0.3) is 0 Å². The Bertz CT molecular complexity index is 537. The summed E-state index contributed by atoms with van der Waals surface area (Å²) < 4.78 is 33.6. The third kappa shape index (κ3) is 8.30. The van der Waals surface area contributed by atoms with Crippen LogP contribution in [0.5, 0.6) is 0 Å². The molecule has 0 fully saturated rings. The first-order valence-corrected chi connectivity index (χ1v) is 6.50. The minimum atomic E-state index is -5.08. The van der Waals surface area contributed by atoms with Crippen molar-refractivity contribution in [3.05, 3.63) is 32.7 Å². The molecule has 1 rings (SSSR count). The molecule has 21 heavy (non-hydrogen) atoms. The van der Waals surface area contributed by atoms with Crippen LogP contribution in [0.2, 0.25) is 0 Å². The number of rotatable bonds is 2. The molecule has 0 aliphatic carbocycles. The maximum Gasteiger partial charge on any atom is 0.490 e. The quantitative estimate of drug-likeness (QED) is 0.377. The Morgan fingerprint density at radius 1 is 1.24 bits per heavy atom. The second kappa shape index (κ2) is 8.62. The maximum atomic E-state index is 10.6. The third-order valence-corrected chi connectivity index (χ3v) is 2.99. The van der Waals surface area contributed by atoms with Crippen molar-refractivity contribution in [2.75, 3.05) is 0 Å². The fourth-order valence-electron chi connectivity index (χ4n) is 0.787. The van der Waals surface area contributed by atoms with Crippen LogP contribution in [-0.2, 0) is 4.79 Å². The van der Waals surface area contributed by atoms with Gasteiger partial charge in [0.15, 0.2) is 0 Å². The zero-order valence-electron chi connectivity index (χ0n) is 10.1. The Kier molecular flexibility index (Phi) is 7.95. The van der Waals surface area contributed by atoms with E-state index in [0.29, 0.717) is 0 Å². The molecule has 11 heteroatoms. The van der Waals surface area contributed by atoms with E-state index < -0.39 is 12.1 Å². The molecule has 5 N–H and O–H groups in total. The number of guanidine groups is 1. The van der Waals surface area contributed by atoms with Gasteiger partial charge in [-0.2, -0.15) is 18.3 Å². The summed E-state index contributed by atoms with van der Waals surface area (Å²) in [5, 5.41) is 14.3. The lowest BCUT2D eigenvalue weighted by Crippen LogP contribution is -2.21. The van der Waals surface area contributed by atoms with Gasteiger partial charge in [0, 0.05) is 14.5 Å². The fourth-order valence-corrected chi connectivity index (χ4v) is 1.99. The lowest BCUT2D eigenvalue weighted by Gasteiger charge is -1.99. The van der Waals surface area contributed by atoms with Gasteiger partial charge in [0.2, 0.25) is 5.96 Å². The molecule has 0 saturated carbocycles. The molecular formula is C10H9Br2F3N4O2. The predicted molar refractivity (Wildman–Crippen MR) is 78.9 cm³/mol. The van der Waals surface area contributed by atoms with Gasteiger partial charge in [-0.3, -0.25) is 0 Å². The van der Waals surface area contributed by atoms with E-state index >= 15 is 0 Å². The highest BCUT2D eigenvalue weighted by Crippen LogP contribution is 2.23. The van der Waals surface area contributed by atoms with E-state index in [1.165, 1.54) is 0 Å². The monoisotopic (exact) mass is 432 g/mol. The van der Waals surface area contributed by atoms with E-state index in [4.69, 9.17) is 21.4 Å². The average molecular weight is 434 g/mol. The predicted octanol–water partition coefficient (Wildman–Crippen LogP) is 2.45. The van der Waals surface area contributed by atoms with Gasteiger partial charge in [-0.15, -0.1) is 5.10 Å². The van der Waals surface area contributed by atoms with Gasteiger partial charge in [-0.25, -0.2) is 4.79 Å². The highest BCUT2D eigenvalue weighted by molar-refractivity contribution is 9.11. The molecule has 0 unspecified atom stereocenters. The van der Waals surface area contributed by atoms with Gasteiger partial charge in [0.05, 0.1) is 6.21 Å². The second-order valence-electron chi connectivity index (χ2n) is 3.21. The van der Waals surface area contributed by atoms with Crippen molar-refractivity contribution in [1.82, 2.24) is 0 Å². The normalized spacial score (nSPS) is 10.7. The van der Waals surface area contributed by atoms with E-state index in [9.17, 15) is 13.2 Å². The number of hydrogen-bond acceptors (Lipinski definition) is 3. The Morgan fingerprint density at radius 2 is 1.67 bits per heavy atom. The average Bonchev–Trinajstić information content (AvgIpc) is 2.32. The molecule has 0 atom stereocenters. The molecular weight excluding hydrogens is 425 g/mol. The molecule has 0 saturated heterocycles. The first-order chi connectivity index (χ1) is 9.55. The number of benzene rings is 1. The number of halogens is 5. The van der Waals surface area contributed by atoms with Crippen molar-refractivity contribution in [3.8, 4) is 0 Å². The molecule has 0 spiro atoms. The Hall–Kier alpha value is -1.62. The molecule has 0 radical (unpaired) electrons. The Balaban J connectivity index is 0.000000486. The largest absolute Gasteiger partial charge is 0.490 e. The summed E-state index contributed by atoms with van der Waals surface area (Å²) in [7, 11) is 0. The summed E-state index contributed by atoms with van der Waals surface area (Å²) in [5.41, 5.74) is 11.1. The van der Waals surface area contributed by atoms with Gasteiger partial charge in [0.25, 0.3) is 0 Å². The minimum Gasteiger partial charge on any atom is -0.475 e. The highest BCUT2D eigenvalue weighted by atomic mass is 79.9. The molecule has 1 aromatic rings. The van der Waals surface area contributed by atoms with Crippen LogP contribution >= 0.6 is 31.9 Å². The van der Waals surface area contributed by atoms with E-state index in [-0.39, 0.29) is 5.96 Å². The van der Waals surface area contributed by atoms with Crippen molar-refractivity contribution < 1.29 is 23.1 Å². The maximum absolute atomic E-state index is 10.6. The number of carbonyl (C=O) groups is 1. The number of carboxylic acid groups (broad SMARTS) is 1. The number of nitrogens with two attached hydrogens (primary N) is 2. The van der Waals surface area contributed by atoms with E-state index in [1.54, 1.807) is 6.21 Å². The van der Waals surface area contributed by atoms with E-state index in [0.717, 1.165) is 14.5 Å². The summed E-state index contributed by atoms with van der Waals surface area (Å²) in [6, 6.07) is 5.72. The van der Waals surface area contributed by atoms with Gasteiger partial charge in [-0.1, -0.05) is 37.9 Å². The summed E-state index contributed by atoms with van der Waals surface area (Å²) >= 11 is 6.76. The zero-order valence-corrected chi connectivity index (χ0v) is 13.3. The zero-order chi connectivity index (χ0) is 16.6. The van der Waals surface area contributed by atoms with Crippen LogP contribution in [0.3, 0.4) is 0 Å². The van der Waals surface area contributed by atoms with Gasteiger partial charge >= 0.3 is 12.1 Å². The number of hydrogen-bond donors (Lipinski definition) is 3. The Morgan fingerprint density at radius 3 is 2.00 bits per heavy atom. The highest BCUT2D eigenvalue weighted by Gasteiger charge is 2.38. The summed E-state index contributed by atoms with van der Waals surface area (Å²) in [5.74, 6) is -2.82. The first-order valence-electron chi connectivity index (χ1n) is 4.91. The Labute approximate surface area is 134 Å². The summed E-state index contributed by atoms with van der Waals surface area (Å²) in [4.78, 5) is 8.90. The van der Waals surface area contributed by atoms with Crippen LogP contribution in [0, 0.1) is 0 Å². The molecule has 6 nitrogen and oxygen atoms in total. The number of carboxylic acids is 1. The van der Waals surface area contributed by atoms with Crippen molar-refractivity contribution >= 4 is 50.0 Å². The molecule has 116 valence electrons. The fraction of sp³-hybridized carbons (Fsp3) is 0.100. The summed E-state index contributed by atoms with van der Waals surface area (Å²) in [6.45, 7) is 0. The van der Waals surface area contributed by atoms with Crippen LogP contribution in [0.15, 0.2) is 37.3 Å². The third-order valence-electron chi connectivity index (χ3n) is 1.60. The minimum absolute atomic E-state index is 0.0653. The molecule has 1 aromatic carbocycles. The smallest absolute Gasteiger partial charge is 0.475 e. The topological polar surface area (TPSA) is 114 Å². The van der Waals surface area contributed by atoms with Crippen LogP contribution in [0.1, 0.15) is 5.56 Å². The first kappa shape index (κ1) is 19.4. The van der Waals surface area contributed by atoms with E-state index in [2.05, 4.69) is 42.1 Å². The van der Waals surface area contributed by atoms with Crippen molar-refractivity contribution in [3.63, 3.8) is 0 Å². The van der Waals surface area contributed by atoms with Crippen LogP contribution in [-0.4, -0.2) is 29.4 Å². The van der Waals surface area contributed by atoms with E-state index in [1.807, 2.05) is 18.2 Å². The molecule has 0 heterocycles. The van der Waals surface area contributed by atoms with Crippen LogP contribution in [0.4, 0.5) is 13.2 Å². The molecule has 0 aliphatic rings. The van der Waals surface area contributed by atoms with Crippen molar-refractivity contribution in [2.45, 2.75) is 6.18 Å². The summed E-state index contributed by atoms with van der Waals surface area (Å²) in [6.07, 6.45) is -3.52. The van der Waals surface area contributed by atoms with Crippen molar-refractivity contribution in [2.24, 2.45) is 21.7 Å². The number of aliphatic carboxylic acids is 1. The van der Waals surface area contributed by atoms with Gasteiger partial charge < -0.3 is 16.6 Å². The van der Waals surface area contributed by atoms with Crippen LogP contribution < -0.4 is 11.5 Å². The number of nitrogens with zero attached hydrogens (tertiary/aromatic N) is 2.